The number of nitrogens with zero attached hydrogens (tertiary/aromatic N) is 4. The van der Waals surface area contributed by atoms with Crippen LogP contribution in [-0.2, 0) is 7.05 Å². The highest BCUT2D eigenvalue weighted by molar-refractivity contribution is 7.17. The number of hydrogen-bond acceptors (Lipinski definition) is 5. The van der Waals surface area contributed by atoms with E-state index in [0.29, 0.717) is 17.1 Å². The van der Waals surface area contributed by atoms with E-state index in [-0.39, 0.29) is 5.91 Å². The molecule has 1 N–H and O–H groups in total. The maximum atomic E-state index is 12.2. The van der Waals surface area contributed by atoms with E-state index in [4.69, 9.17) is 5.26 Å². The van der Waals surface area contributed by atoms with Gasteiger partial charge in [0.05, 0.1) is 15.8 Å². The lowest BCUT2D eigenvalue weighted by atomic mass is 10.3. The first-order valence-corrected chi connectivity index (χ1v) is 6.63. The van der Waals surface area contributed by atoms with E-state index in [2.05, 4.69) is 15.3 Å². The predicted molar refractivity (Wildman–Crippen MR) is 75.5 cm³/mol. The third-order valence-corrected chi connectivity index (χ3v) is 3.75. The van der Waals surface area contributed by atoms with E-state index in [9.17, 15) is 4.79 Å². The molecule has 0 bridgehead atoms. The first-order chi connectivity index (χ1) is 9.69. The maximum Gasteiger partial charge on any atom is 0.273 e. The molecule has 3 aromatic rings. The molecule has 3 heterocycles. The molecular weight excluding hydrogens is 274 g/mol. The van der Waals surface area contributed by atoms with E-state index in [1.54, 1.807) is 23.9 Å². The van der Waals surface area contributed by atoms with E-state index in [1.165, 1.54) is 17.7 Å². The fourth-order valence-corrected chi connectivity index (χ4v) is 2.69. The molecule has 98 valence electrons. The second kappa shape index (κ2) is 4.75. The Labute approximate surface area is 118 Å². The monoisotopic (exact) mass is 283 g/mol. The van der Waals surface area contributed by atoms with Gasteiger partial charge in [-0.05, 0) is 17.5 Å². The van der Waals surface area contributed by atoms with Gasteiger partial charge in [0, 0.05) is 13.2 Å². The van der Waals surface area contributed by atoms with Crippen LogP contribution in [0.4, 0.5) is 5.82 Å². The first-order valence-electron chi connectivity index (χ1n) is 5.75. The molecule has 3 aromatic heterocycles. The maximum absolute atomic E-state index is 12.2. The van der Waals surface area contributed by atoms with E-state index in [1.807, 2.05) is 17.5 Å². The molecule has 0 aliphatic rings. The number of carbonyl (C=O) groups excluding carboxylic acids is 1. The summed E-state index contributed by atoms with van der Waals surface area (Å²) in [6, 6.07) is 5.42. The molecule has 0 saturated carbocycles. The van der Waals surface area contributed by atoms with Gasteiger partial charge in [-0.25, -0.2) is 9.97 Å². The fourth-order valence-electron chi connectivity index (χ4n) is 1.90. The van der Waals surface area contributed by atoms with Crippen LogP contribution in [0, 0.1) is 11.3 Å². The second-order valence-electron chi connectivity index (χ2n) is 4.15. The summed E-state index contributed by atoms with van der Waals surface area (Å²) in [6.45, 7) is 0. The smallest absolute Gasteiger partial charge is 0.273 e. The van der Waals surface area contributed by atoms with Gasteiger partial charge in [-0.3, -0.25) is 4.79 Å². The number of hydrogen-bond donors (Lipinski definition) is 1. The summed E-state index contributed by atoms with van der Waals surface area (Å²) in [5.74, 6) is 0.178. The Hall–Kier alpha value is -2.72. The lowest BCUT2D eigenvalue weighted by Crippen LogP contribution is -2.16. The highest BCUT2D eigenvalue weighted by atomic mass is 32.1. The topological polar surface area (TPSA) is 83.6 Å². The van der Waals surface area contributed by atoms with E-state index in [0.717, 1.165) is 10.2 Å². The van der Waals surface area contributed by atoms with Gasteiger partial charge in [-0.1, -0.05) is 0 Å². The summed E-state index contributed by atoms with van der Waals surface area (Å²) in [5, 5.41) is 13.5. The third kappa shape index (κ3) is 2.02. The van der Waals surface area contributed by atoms with Crippen LogP contribution < -0.4 is 5.32 Å². The highest BCUT2D eigenvalue weighted by Gasteiger charge is 2.14. The van der Waals surface area contributed by atoms with Crippen LogP contribution >= 0.6 is 11.3 Å². The average molecular weight is 283 g/mol. The number of nitriles is 1. The van der Waals surface area contributed by atoms with Crippen molar-refractivity contribution in [2.24, 2.45) is 7.05 Å². The van der Waals surface area contributed by atoms with Gasteiger partial charge in [0.1, 0.15) is 18.1 Å². The van der Waals surface area contributed by atoms with Gasteiger partial charge in [0.2, 0.25) is 0 Å². The summed E-state index contributed by atoms with van der Waals surface area (Å²) in [7, 11) is 1.72. The molecule has 0 fully saturated rings. The Morgan fingerprint density at radius 3 is 3.10 bits per heavy atom. The molecule has 0 aromatic carbocycles. The lowest BCUT2D eigenvalue weighted by Gasteiger charge is -2.05. The predicted octanol–water partition coefficient (Wildman–Crippen LogP) is 2.15. The number of thiophene rings is 1. The molecule has 20 heavy (non-hydrogen) atoms. The molecule has 6 nitrogen and oxygen atoms in total. The van der Waals surface area contributed by atoms with Gasteiger partial charge in [0.25, 0.3) is 5.91 Å². The lowest BCUT2D eigenvalue weighted by molar-refractivity contribution is 0.101. The number of nitrogens with one attached hydrogen (secondary N) is 1. The number of aryl methyl sites for hydroxylation is 1. The largest absolute Gasteiger partial charge is 0.345 e. The highest BCUT2D eigenvalue weighted by Crippen LogP contribution is 2.25. The van der Waals surface area contributed by atoms with Crippen molar-refractivity contribution in [3.63, 3.8) is 0 Å². The van der Waals surface area contributed by atoms with Crippen LogP contribution in [-0.4, -0.2) is 20.4 Å². The summed E-state index contributed by atoms with van der Waals surface area (Å²) in [5.41, 5.74) is 1.65. The second-order valence-corrected chi connectivity index (χ2v) is 5.06. The van der Waals surface area contributed by atoms with Gasteiger partial charge in [-0.2, -0.15) is 5.26 Å². The molecule has 3 rings (SSSR count). The van der Waals surface area contributed by atoms with E-state index < -0.39 is 0 Å². The van der Waals surface area contributed by atoms with Crippen molar-refractivity contribution in [2.75, 3.05) is 5.32 Å². The summed E-state index contributed by atoms with van der Waals surface area (Å²) >= 11 is 1.47. The first kappa shape index (κ1) is 12.3. The standard InChI is InChI=1S/C13H9N5OS/c1-18-6-8(5-14)4-10(18)13(19)17-12-11-9(2-3-20-11)15-7-16-12/h2-4,6-7H,1H3,(H,15,16,17,19). The van der Waals surface area contributed by atoms with Crippen LogP contribution in [0.3, 0.4) is 0 Å². The number of anilines is 1. The van der Waals surface area contributed by atoms with Gasteiger partial charge in [0.15, 0.2) is 5.82 Å². The Morgan fingerprint density at radius 1 is 1.50 bits per heavy atom. The van der Waals surface area contributed by atoms with Crippen molar-refractivity contribution >= 4 is 33.3 Å². The quantitative estimate of drug-likeness (QED) is 0.781. The molecule has 0 radical (unpaired) electrons. The Morgan fingerprint density at radius 2 is 2.35 bits per heavy atom. The Balaban J connectivity index is 1.94. The zero-order chi connectivity index (χ0) is 14.1. The summed E-state index contributed by atoms with van der Waals surface area (Å²) in [4.78, 5) is 20.4. The van der Waals surface area contributed by atoms with E-state index >= 15 is 0 Å². The SMILES string of the molecule is Cn1cc(C#N)cc1C(=O)Nc1ncnc2ccsc12. The van der Waals surface area contributed by atoms with Crippen molar-refractivity contribution in [2.45, 2.75) is 0 Å². The minimum atomic E-state index is -0.303. The zero-order valence-electron chi connectivity index (χ0n) is 10.5. The minimum Gasteiger partial charge on any atom is -0.345 e. The fraction of sp³-hybridized carbons (Fsp3) is 0.0769. The molecule has 7 heteroatoms. The zero-order valence-corrected chi connectivity index (χ0v) is 11.3. The van der Waals surface area contributed by atoms with Gasteiger partial charge >= 0.3 is 0 Å². The van der Waals surface area contributed by atoms with Gasteiger partial charge < -0.3 is 9.88 Å². The molecule has 0 spiro atoms. The minimum absolute atomic E-state index is 0.303. The molecule has 0 atom stereocenters. The van der Waals surface area contributed by atoms with Crippen LogP contribution in [0.25, 0.3) is 10.2 Å². The van der Waals surface area contributed by atoms with Crippen LogP contribution in [0.5, 0.6) is 0 Å². The molecule has 0 saturated heterocycles. The van der Waals surface area contributed by atoms with Crippen LogP contribution in [0.15, 0.2) is 30.0 Å². The summed E-state index contributed by atoms with van der Waals surface area (Å²) < 4.78 is 2.44. The number of aromatic nitrogens is 3. The normalized spacial score (nSPS) is 10.4. The van der Waals surface area contributed by atoms with Crippen LogP contribution in [0.2, 0.25) is 0 Å². The summed E-state index contributed by atoms with van der Waals surface area (Å²) in [6.07, 6.45) is 3.02. The average Bonchev–Trinajstić information content (AvgIpc) is 3.05. The van der Waals surface area contributed by atoms with Crippen molar-refractivity contribution in [1.29, 1.82) is 5.26 Å². The Kier molecular flexibility index (Phi) is 2.93. The third-order valence-electron chi connectivity index (χ3n) is 2.84. The van der Waals surface area contributed by atoms with Crippen molar-refractivity contribution < 1.29 is 4.79 Å². The molecule has 0 aliphatic heterocycles. The molecule has 1 amide bonds. The number of fused-ring (bicyclic) bond motifs is 1. The number of carbonyl (C=O) groups is 1. The van der Waals surface area contributed by atoms with Crippen molar-refractivity contribution in [1.82, 2.24) is 14.5 Å². The van der Waals surface area contributed by atoms with Crippen molar-refractivity contribution in [3.05, 3.63) is 41.3 Å². The molecule has 0 aliphatic carbocycles. The van der Waals surface area contributed by atoms with Gasteiger partial charge in [-0.15, -0.1) is 11.3 Å². The molecular formula is C13H9N5OS. The molecule has 0 unspecified atom stereocenters. The Bertz CT molecular complexity index is 842. The van der Waals surface area contributed by atoms with Crippen LogP contribution in [0.1, 0.15) is 16.1 Å². The number of rotatable bonds is 2. The number of amides is 1. The van der Waals surface area contributed by atoms with Crippen molar-refractivity contribution in [3.8, 4) is 6.07 Å².